The molecule has 0 amide bonds. The highest BCUT2D eigenvalue weighted by molar-refractivity contribution is 6.02. The second kappa shape index (κ2) is 6.80. The first-order chi connectivity index (χ1) is 11.9. The van der Waals surface area contributed by atoms with Crippen LogP contribution < -0.4 is 5.32 Å². The third-order valence-corrected chi connectivity index (χ3v) is 5.63. The van der Waals surface area contributed by atoms with Gasteiger partial charge in [0.05, 0.1) is 0 Å². The van der Waals surface area contributed by atoms with Crippen LogP contribution in [0.15, 0.2) is 59.6 Å². The quantitative estimate of drug-likeness (QED) is 0.821. The minimum atomic E-state index is 0.253. The zero-order valence-corrected chi connectivity index (χ0v) is 14.3. The van der Waals surface area contributed by atoms with Crippen LogP contribution in [0.1, 0.15) is 43.2 Å². The number of fused-ring (bicyclic) bond motifs is 1. The Morgan fingerprint density at radius 2 is 1.62 bits per heavy atom. The van der Waals surface area contributed by atoms with Crippen LogP contribution in [-0.2, 0) is 12.8 Å². The average Bonchev–Trinajstić information content (AvgIpc) is 2.64. The Labute approximate surface area is 145 Å². The fourth-order valence-corrected chi connectivity index (χ4v) is 4.30. The van der Waals surface area contributed by atoms with E-state index in [9.17, 15) is 0 Å². The van der Waals surface area contributed by atoms with Crippen molar-refractivity contribution in [1.29, 1.82) is 0 Å². The van der Waals surface area contributed by atoms with Crippen LogP contribution in [0.25, 0.3) is 0 Å². The molecule has 1 aliphatic carbocycles. The Hall–Kier alpha value is -2.09. The summed E-state index contributed by atoms with van der Waals surface area (Å²) in [6, 6.07) is 19.4. The summed E-state index contributed by atoms with van der Waals surface area (Å²) in [5.41, 5.74) is 4.34. The molecule has 1 aliphatic heterocycles. The molecule has 0 unspecified atom stereocenters. The van der Waals surface area contributed by atoms with Crippen molar-refractivity contribution < 1.29 is 0 Å². The van der Waals surface area contributed by atoms with Gasteiger partial charge in [-0.15, -0.1) is 0 Å². The van der Waals surface area contributed by atoms with Gasteiger partial charge in [0.1, 0.15) is 5.84 Å². The number of nitrogens with zero attached hydrogens (tertiary/aromatic N) is 1. The van der Waals surface area contributed by atoms with E-state index in [4.69, 9.17) is 4.99 Å². The Balaban J connectivity index is 1.57. The summed E-state index contributed by atoms with van der Waals surface area (Å²) in [5, 5.41) is 3.69. The summed E-state index contributed by atoms with van der Waals surface area (Å²) in [5.74, 6) is 1.25. The van der Waals surface area contributed by atoms with Crippen LogP contribution in [0.2, 0.25) is 0 Å². The summed E-state index contributed by atoms with van der Waals surface area (Å²) in [6.07, 6.45) is 8.77. The van der Waals surface area contributed by atoms with Gasteiger partial charge in [0.25, 0.3) is 0 Å². The van der Waals surface area contributed by atoms with Crippen molar-refractivity contribution in [2.24, 2.45) is 10.4 Å². The molecule has 1 saturated carbocycles. The van der Waals surface area contributed by atoms with E-state index in [2.05, 4.69) is 59.9 Å². The molecule has 2 aromatic rings. The maximum absolute atomic E-state index is 5.06. The average molecular weight is 318 g/mol. The summed E-state index contributed by atoms with van der Waals surface area (Å²) < 4.78 is 0. The zero-order chi connectivity index (χ0) is 16.2. The highest BCUT2D eigenvalue weighted by Crippen LogP contribution is 2.44. The van der Waals surface area contributed by atoms with Gasteiger partial charge in [-0.1, -0.05) is 67.8 Å². The van der Waals surface area contributed by atoms with Crippen LogP contribution in [0.3, 0.4) is 0 Å². The van der Waals surface area contributed by atoms with Gasteiger partial charge in [-0.05, 0) is 42.9 Å². The maximum atomic E-state index is 5.06. The number of aliphatic imine (C=N–C) groups is 1. The van der Waals surface area contributed by atoms with E-state index in [1.165, 1.54) is 54.8 Å². The lowest BCUT2D eigenvalue weighted by Gasteiger charge is -2.42. The number of anilines is 1. The molecular weight excluding hydrogens is 292 g/mol. The second-order valence-electron chi connectivity index (χ2n) is 7.27. The number of amidine groups is 1. The van der Waals surface area contributed by atoms with Gasteiger partial charge >= 0.3 is 0 Å². The highest BCUT2D eigenvalue weighted by atomic mass is 15.0. The topological polar surface area (TPSA) is 24.4 Å². The first-order valence-electron chi connectivity index (χ1n) is 9.30. The third kappa shape index (κ3) is 3.10. The maximum Gasteiger partial charge on any atom is 0.107 e. The zero-order valence-electron chi connectivity index (χ0n) is 14.3. The van der Waals surface area contributed by atoms with E-state index in [0.29, 0.717) is 0 Å². The number of hydrogen-bond donors (Lipinski definition) is 1. The van der Waals surface area contributed by atoms with Crippen molar-refractivity contribution in [2.75, 3.05) is 11.9 Å². The molecule has 2 aliphatic rings. The fraction of sp³-hybridized carbons (Fsp3) is 0.409. The summed E-state index contributed by atoms with van der Waals surface area (Å²) in [4.78, 5) is 5.06. The van der Waals surface area contributed by atoms with Crippen LogP contribution in [-0.4, -0.2) is 12.4 Å². The van der Waals surface area contributed by atoms with Crippen LogP contribution in [0.4, 0.5) is 5.69 Å². The van der Waals surface area contributed by atoms with Gasteiger partial charge in [0.2, 0.25) is 0 Å². The van der Waals surface area contributed by atoms with Gasteiger partial charge < -0.3 is 5.32 Å². The van der Waals surface area contributed by atoms with Crippen LogP contribution >= 0.6 is 0 Å². The third-order valence-electron chi connectivity index (χ3n) is 5.63. The molecule has 0 radical (unpaired) electrons. The smallest absolute Gasteiger partial charge is 0.107 e. The van der Waals surface area contributed by atoms with Crippen molar-refractivity contribution in [3.8, 4) is 0 Å². The van der Waals surface area contributed by atoms with Crippen LogP contribution in [0.5, 0.6) is 0 Å². The van der Waals surface area contributed by atoms with Gasteiger partial charge in [0, 0.05) is 17.6 Å². The Bertz CT molecular complexity index is 712. The number of rotatable bonds is 3. The van der Waals surface area contributed by atoms with Gasteiger partial charge in [-0.3, -0.25) is 4.99 Å². The molecule has 2 heteroatoms. The molecular formula is C22H26N2. The normalized spacial score (nSPS) is 20.6. The van der Waals surface area contributed by atoms with Crippen molar-refractivity contribution in [3.05, 3.63) is 65.7 Å². The molecule has 24 heavy (non-hydrogen) atoms. The van der Waals surface area contributed by atoms with E-state index < -0.39 is 0 Å². The lowest BCUT2D eigenvalue weighted by molar-refractivity contribution is 0.278. The molecule has 1 fully saturated rings. The van der Waals surface area contributed by atoms with Gasteiger partial charge in [0.15, 0.2) is 0 Å². The largest absolute Gasteiger partial charge is 0.343 e. The monoisotopic (exact) mass is 318 g/mol. The molecule has 0 atom stereocenters. The van der Waals surface area contributed by atoms with Gasteiger partial charge in [-0.25, -0.2) is 0 Å². The first-order valence-corrected chi connectivity index (χ1v) is 9.30. The van der Waals surface area contributed by atoms with Crippen molar-refractivity contribution in [2.45, 2.75) is 44.9 Å². The summed E-state index contributed by atoms with van der Waals surface area (Å²) >= 11 is 0. The number of para-hydroxylation sites is 1. The minimum absolute atomic E-state index is 0.253. The summed E-state index contributed by atoms with van der Waals surface area (Å²) in [7, 11) is 0. The van der Waals surface area contributed by atoms with Crippen molar-refractivity contribution in [1.82, 2.24) is 0 Å². The Kier molecular flexibility index (Phi) is 4.38. The van der Waals surface area contributed by atoms with Crippen molar-refractivity contribution >= 4 is 11.5 Å². The Morgan fingerprint density at radius 3 is 2.46 bits per heavy atom. The van der Waals surface area contributed by atoms with Crippen LogP contribution in [0, 0.1) is 5.41 Å². The van der Waals surface area contributed by atoms with Gasteiger partial charge in [-0.2, -0.15) is 0 Å². The molecule has 1 spiro atoms. The first kappa shape index (κ1) is 15.4. The molecule has 2 aromatic carbocycles. The highest BCUT2D eigenvalue weighted by Gasteiger charge is 2.40. The number of nitrogens with one attached hydrogen (secondary N) is 1. The molecule has 1 N–H and O–H groups in total. The SMILES string of the molecule is c1ccc(CCN=C2Nc3ccccc3CC23CCCCC3)cc1. The van der Waals surface area contributed by atoms with E-state index >= 15 is 0 Å². The molecule has 0 bridgehead atoms. The molecule has 4 rings (SSSR count). The van der Waals surface area contributed by atoms with Crippen molar-refractivity contribution in [3.63, 3.8) is 0 Å². The number of hydrogen-bond acceptors (Lipinski definition) is 1. The predicted molar refractivity (Wildman–Crippen MR) is 102 cm³/mol. The minimum Gasteiger partial charge on any atom is -0.343 e. The molecule has 124 valence electrons. The standard InChI is InChI=1S/C22H26N2/c1-3-9-18(10-4-1)13-16-23-21-22(14-7-2-8-15-22)17-19-11-5-6-12-20(19)24-21/h1,3-6,9-12H,2,7-8,13-17H2,(H,23,24). The second-order valence-corrected chi connectivity index (χ2v) is 7.27. The lowest BCUT2D eigenvalue weighted by Crippen LogP contribution is -2.43. The van der Waals surface area contributed by atoms with E-state index in [0.717, 1.165) is 19.4 Å². The van der Waals surface area contributed by atoms with E-state index in [1.807, 2.05) is 0 Å². The molecule has 0 saturated heterocycles. The lowest BCUT2D eigenvalue weighted by atomic mass is 9.67. The predicted octanol–water partition coefficient (Wildman–Crippen LogP) is 5.25. The van der Waals surface area contributed by atoms with E-state index in [1.54, 1.807) is 0 Å². The number of benzene rings is 2. The van der Waals surface area contributed by atoms with E-state index in [-0.39, 0.29) is 5.41 Å². The Morgan fingerprint density at radius 1 is 0.875 bits per heavy atom. The summed E-state index contributed by atoms with van der Waals surface area (Å²) in [6.45, 7) is 0.871. The molecule has 0 aromatic heterocycles. The fourth-order valence-electron chi connectivity index (χ4n) is 4.30. The molecule has 1 heterocycles. The molecule has 2 nitrogen and oxygen atoms in total.